The van der Waals surface area contributed by atoms with Gasteiger partial charge in [0.1, 0.15) is 12.3 Å². The Morgan fingerprint density at radius 1 is 1.30 bits per heavy atom. The molecule has 0 unspecified atom stereocenters. The molecule has 2 amide bonds. The van der Waals surface area contributed by atoms with Gasteiger partial charge in [-0.25, -0.2) is 4.79 Å². The third-order valence-electron chi connectivity index (χ3n) is 4.17. The van der Waals surface area contributed by atoms with Crippen molar-refractivity contribution in [2.45, 2.75) is 31.7 Å². The molecule has 1 saturated carbocycles. The first-order valence-corrected chi connectivity index (χ1v) is 7.64. The monoisotopic (exact) mass is 318 g/mol. The summed E-state index contributed by atoms with van der Waals surface area (Å²) in [4.78, 5) is 36.7. The Balaban J connectivity index is 1.78. The number of nitrogens with one attached hydrogen (secondary N) is 1. The van der Waals surface area contributed by atoms with Gasteiger partial charge in [0.25, 0.3) is 5.91 Å². The number of aromatic carboxylic acids is 1. The Kier molecular flexibility index (Phi) is 4.18. The van der Waals surface area contributed by atoms with E-state index in [0.29, 0.717) is 11.4 Å². The number of hydrogen-bond acceptors (Lipinski definition) is 4. The van der Waals surface area contributed by atoms with Gasteiger partial charge in [0, 0.05) is 6.04 Å². The second-order valence-electron chi connectivity index (χ2n) is 5.81. The number of hydrogen-bond donors (Lipinski definition) is 2. The maximum atomic E-state index is 12.2. The van der Waals surface area contributed by atoms with Crippen molar-refractivity contribution in [3.05, 3.63) is 23.8 Å². The fourth-order valence-electron chi connectivity index (χ4n) is 3.00. The van der Waals surface area contributed by atoms with Gasteiger partial charge in [0.2, 0.25) is 5.91 Å². The molecule has 1 fully saturated rings. The van der Waals surface area contributed by atoms with Crippen LogP contribution in [0.1, 0.15) is 36.0 Å². The first-order chi connectivity index (χ1) is 11.0. The van der Waals surface area contributed by atoms with E-state index >= 15 is 0 Å². The number of carbonyl (C=O) groups excluding carboxylic acids is 2. The average molecular weight is 318 g/mol. The number of amides is 2. The third-order valence-corrected chi connectivity index (χ3v) is 4.17. The SMILES string of the molecule is O=C(CN1C(=O)COc2ccc(C(=O)O)cc21)NC1CCCC1. The van der Waals surface area contributed by atoms with Gasteiger partial charge in [-0.05, 0) is 31.0 Å². The van der Waals surface area contributed by atoms with Crippen LogP contribution in [0.5, 0.6) is 5.75 Å². The maximum Gasteiger partial charge on any atom is 0.335 e. The Morgan fingerprint density at radius 2 is 2.04 bits per heavy atom. The van der Waals surface area contributed by atoms with Crippen molar-refractivity contribution < 1.29 is 24.2 Å². The molecule has 7 heteroatoms. The highest BCUT2D eigenvalue weighted by atomic mass is 16.5. The van der Waals surface area contributed by atoms with Crippen molar-refractivity contribution in [3.63, 3.8) is 0 Å². The summed E-state index contributed by atoms with van der Waals surface area (Å²) in [6, 6.07) is 4.45. The lowest BCUT2D eigenvalue weighted by molar-refractivity contribution is -0.125. The van der Waals surface area contributed by atoms with Crippen LogP contribution < -0.4 is 15.0 Å². The molecule has 1 heterocycles. The normalized spacial score (nSPS) is 17.6. The largest absolute Gasteiger partial charge is 0.482 e. The van der Waals surface area contributed by atoms with Gasteiger partial charge in [-0.2, -0.15) is 0 Å². The van der Waals surface area contributed by atoms with Crippen molar-refractivity contribution in [1.29, 1.82) is 0 Å². The molecule has 0 saturated heterocycles. The molecule has 2 N–H and O–H groups in total. The zero-order valence-electron chi connectivity index (χ0n) is 12.6. The minimum Gasteiger partial charge on any atom is -0.482 e. The summed E-state index contributed by atoms with van der Waals surface area (Å²) in [5, 5.41) is 12.0. The molecule has 0 atom stereocenters. The third kappa shape index (κ3) is 3.28. The molecule has 1 aliphatic carbocycles. The number of ether oxygens (including phenoxy) is 1. The maximum absolute atomic E-state index is 12.2. The fraction of sp³-hybridized carbons (Fsp3) is 0.438. The molecule has 1 aliphatic heterocycles. The first kappa shape index (κ1) is 15.3. The molecule has 122 valence electrons. The molecule has 1 aromatic rings. The van der Waals surface area contributed by atoms with Gasteiger partial charge in [-0.15, -0.1) is 0 Å². The van der Waals surface area contributed by atoms with E-state index in [4.69, 9.17) is 9.84 Å². The van der Waals surface area contributed by atoms with Crippen LogP contribution in [0, 0.1) is 0 Å². The summed E-state index contributed by atoms with van der Waals surface area (Å²) in [5.74, 6) is -1.29. The smallest absolute Gasteiger partial charge is 0.335 e. The topological polar surface area (TPSA) is 95.9 Å². The standard InChI is InChI=1S/C16H18N2O5/c19-14(17-11-3-1-2-4-11)8-18-12-7-10(16(21)22)5-6-13(12)23-9-15(18)20/h5-7,11H,1-4,8-9H2,(H,17,19)(H,21,22). The van der Waals surface area contributed by atoms with Crippen LogP contribution in [0.3, 0.4) is 0 Å². The van der Waals surface area contributed by atoms with Crippen LogP contribution in [0.15, 0.2) is 18.2 Å². The summed E-state index contributed by atoms with van der Waals surface area (Å²) in [6.07, 6.45) is 4.13. The Morgan fingerprint density at radius 3 is 2.74 bits per heavy atom. The molecule has 0 radical (unpaired) electrons. The van der Waals surface area contributed by atoms with Crippen LogP contribution in [-0.2, 0) is 9.59 Å². The van der Waals surface area contributed by atoms with E-state index in [9.17, 15) is 14.4 Å². The summed E-state index contributed by atoms with van der Waals surface area (Å²) in [5.41, 5.74) is 0.367. The highest BCUT2D eigenvalue weighted by Gasteiger charge is 2.29. The number of benzene rings is 1. The quantitative estimate of drug-likeness (QED) is 0.869. The average Bonchev–Trinajstić information content (AvgIpc) is 3.02. The van der Waals surface area contributed by atoms with Crippen LogP contribution in [0.2, 0.25) is 0 Å². The van der Waals surface area contributed by atoms with Gasteiger partial charge in [-0.3, -0.25) is 14.5 Å². The van der Waals surface area contributed by atoms with Crippen LogP contribution in [-0.4, -0.2) is 42.1 Å². The van der Waals surface area contributed by atoms with Crippen molar-refractivity contribution in [1.82, 2.24) is 5.32 Å². The minimum absolute atomic E-state index is 0.0447. The van der Waals surface area contributed by atoms with Crippen molar-refractivity contribution in [3.8, 4) is 5.75 Å². The lowest BCUT2D eigenvalue weighted by Crippen LogP contribution is -2.47. The number of carboxylic acid groups (broad SMARTS) is 1. The van der Waals surface area contributed by atoms with E-state index < -0.39 is 5.97 Å². The molecule has 0 bridgehead atoms. The molecule has 0 spiro atoms. The van der Waals surface area contributed by atoms with Crippen LogP contribution in [0.4, 0.5) is 5.69 Å². The van der Waals surface area contributed by atoms with Crippen molar-refractivity contribution in [2.24, 2.45) is 0 Å². The Labute approximate surface area is 133 Å². The zero-order valence-corrected chi connectivity index (χ0v) is 12.6. The first-order valence-electron chi connectivity index (χ1n) is 7.64. The molecule has 1 aromatic carbocycles. The summed E-state index contributed by atoms with van der Waals surface area (Å²) in [7, 11) is 0. The van der Waals surface area contributed by atoms with Gasteiger partial charge < -0.3 is 15.2 Å². The number of carbonyl (C=O) groups is 3. The van der Waals surface area contributed by atoms with Crippen LogP contribution >= 0.6 is 0 Å². The lowest BCUT2D eigenvalue weighted by Gasteiger charge is -2.29. The van der Waals surface area contributed by atoms with E-state index in [-0.39, 0.29) is 36.6 Å². The zero-order chi connectivity index (χ0) is 16.4. The predicted octanol–water partition coefficient (Wildman–Crippen LogP) is 1.17. The fourth-order valence-corrected chi connectivity index (χ4v) is 3.00. The summed E-state index contributed by atoms with van der Waals surface area (Å²) in [6.45, 7) is -0.287. The molecule has 2 aliphatic rings. The molecule has 3 rings (SSSR count). The highest BCUT2D eigenvalue weighted by molar-refractivity contribution is 6.03. The van der Waals surface area contributed by atoms with Crippen molar-refractivity contribution >= 4 is 23.5 Å². The van der Waals surface area contributed by atoms with E-state index in [0.717, 1.165) is 25.7 Å². The number of carboxylic acids is 1. The lowest BCUT2D eigenvalue weighted by atomic mass is 10.1. The van der Waals surface area contributed by atoms with Crippen molar-refractivity contribution in [2.75, 3.05) is 18.1 Å². The molecular formula is C16H18N2O5. The van der Waals surface area contributed by atoms with E-state index in [1.54, 1.807) is 0 Å². The molecule has 0 aromatic heterocycles. The Hall–Kier alpha value is -2.57. The second-order valence-corrected chi connectivity index (χ2v) is 5.81. The van der Waals surface area contributed by atoms with Gasteiger partial charge >= 0.3 is 5.97 Å². The highest BCUT2D eigenvalue weighted by Crippen LogP contribution is 2.33. The number of anilines is 1. The summed E-state index contributed by atoms with van der Waals surface area (Å²) >= 11 is 0. The van der Waals surface area contributed by atoms with Gasteiger partial charge in [-0.1, -0.05) is 12.8 Å². The minimum atomic E-state index is -1.10. The van der Waals surface area contributed by atoms with E-state index in [2.05, 4.69) is 5.32 Å². The summed E-state index contributed by atoms with van der Waals surface area (Å²) < 4.78 is 5.30. The molecular weight excluding hydrogens is 300 g/mol. The molecule has 7 nitrogen and oxygen atoms in total. The number of rotatable bonds is 4. The Bertz CT molecular complexity index is 652. The van der Waals surface area contributed by atoms with Gasteiger partial charge in [0.05, 0.1) is 11.3 Å². The second kappa shape index (κ2) is 6.28. The molecule has 23 heavy (non-hydrogen) atoms. The van der Waals surface area contributed by atoms with Crippen LogP contribution in [0.25, 0.3) is 0 Å². The predicted molar refractivity (Wildman–Crippen MR) is 81.6 cm³/mol. The number of nitrogens with zero attached hydrogens (tertiary/aromatic N) is 1. The van der Waals surface area contributed by atoms with E-state index in [1.807, 2.05) is 0 Å². The van der Waals surface area contributed by atoms with E-state index in [1.165, 1.54) is 23.1 Å². The number of fused-ring (bicyclic) bond motifs is 1. The van der Waals surface area contributed by atoms with Gasteiger partial charge in [0.15, 0.2) is 6.61 Å².